The Morgan fingerprint density at radius 3 is 1.62 bits per heavy atom. The number of hydrogen-bond acceptors (Lipinski definition) is 5. The van der Waals surface area contributed by atoms with Crippen molar-refractivity contribution >= 4 is 56.0 Å². The molecule has 3 N–H and O–H groups in total. The fourth-order valence-electron chi connectivity index (χ4n) is 7.81. The van der Waals surface area contributed by atoms with Crippen molar-refractivity contribution in [2.24, 2.45) is 17.8 Å². The Hall–Kier alpha value is -4.37. The highest BCUT2D eigenvalue weighted by Gasteiger charge is 2.26. The number of ether oxygens (including phenoxy) is 2. The van der Waals surface area contributed by atoms with Crippen molar-refractivity contribution in [2.45, 2.75) is 165 Å². The van der Waals surface area contributed by atoms with Crippen LogP contribution in [0.25, 0.3) is 33.1 Å². The molecule has 0 radical (unpaired) electrons. The number of rotatable bonds is 7. The number of esters is 1. The van der Waals surface area contributed by atoms with E-state index in [0.29, 0.717) is 28.7 Å². The number of nitrogens with one attached hydrogen (secondary N) is 2. The van der Waals surface area contributed by atoms with Crippen LogP contribution in [0, 0.1) is 17.8 Å². The van der Waals surface area contributed by atoms with E-state index in [2.05, 4.69) is 94.3 Å². The summed E-state index contributed by atoms with van der Waals surface area (Å²) in [6.45, 7) is 25.2. The van der Waals surface area contributed by atoms with Crippen molar-refractivity contribution < 1.29 is 29.0 Å². The molecule has 0 bridgehead atoms. The van der Waals surface area contributed by atoms with Gasteiger partial charge in [-0.3, -0.25) is 4.79 Å². The van der Waals surface area contributed by atoms with Gasteiger partial charge in [-0.15, -0.1) is 0 Å². The quantitative estimate of drug-likeness (QED) is 0.110. The maximum Gasteiger partial charge on any atom is 0.338 e. The number of hydrogen-bond donors (Lipinski definition) is 3. The number of carbonyl (C=O) groups excluding carboxylic acids is 2. The number of benzene rings is 3. The lowest BCUT2D eigenvalue weighted by atomic mass is 9.81. The highest BCUT2D eigenvalue weighted by Crippen LogP contribution is 2.44. The summed E-state index contributed by atoms with van der Waals surface area (Å²) >= 11 is 3.68. The summed E-state index contributed by atoms with van der Waals surface area (Å²) < 4.78 is 11.8. The second-order valence-corrected chi connectivity index (χ2v) is 20.8. The Labute approximate surface area is 386 Å². The maximum atomic E-state index is 12.2. The molecule has 3 aromatic carbocycles. The van der Waals surface area contributed by atoms with Crippen LogP contribution in [0.4, 0.5) is 0 Å². The van der Waals surface area contributed by atoms with E-state index in [4.69, 9.17) is 9.47 Å². The van der Waals surface area contributed by atoms with Crippen LogP contribution in [-0.4, -0.2) is 46.0 Å². The second kappa shape index (κ2) is 25.2. The number of halogens is 1. The lowest BCUT2D eigenvalue weighted by Gasteiger charge is -2.23. The first-order chi connectivity index (χ1) is 29.7. The van der Waals surface area contributed by atoms with Crippen molar-refractivity contribution in [1.82, 2.24) is 9.97 Å². The van der Waals surface area contributed by atoms with Gasteiger partial charge in [-0.05, 0) is 146 Å². The Morgan fingerprint density at radius 1 is 0.683 bits per heavy atom. The number of aromatic nitrogens is 2. The molecule has 0 spiro atoms. The smallest absolute Gasteiger partial charge is 0.338 e. The summed E-state index contributed by atoms with van der Waals surface area (Å²) in [4.78, 5) is 42.2. The van der Waals surface area contributed by atoms with E-state index in [-0.39, 0.29) is 11.5 Å². The van der Waals surface area contributed by atoms with Crippen molar-refractivity contribution in [2.75, 3.05) is 7.11 Å². The molecule has 2 aliphatic rings. The summed E-state index contributed by atoms with van der Waals surface area (Å²) in [6.07, 6.45) is 13.1. The SMILES string of the molecule is CC(C)(C)OC(=O)c1ccc2c(C3CCCCC3)c(Br)[nH]c2c1.CC(C)C.CC(C)C.CC(C)C.COc1ccc(-c2[nH]c3cc(C(=O)O)ccc3c2C2CCCCC2)c(C=O)c1. The number of H-pyrrole nitrogens is 2. The van der Waals surface area contributed by atoms with E-state index in [9.17, 15) is 19.5 Å². The number of aromatic amines is 2. The molecule has 63 heavy (non-hydrogen) atoms. The standard InChI is InChI=1S/C23H23NO4.C19H24BrNO2.3C4H10/c1-28-17-8-10-18(16(11-17)13-25)22-21(14-5-3-2-4-6-14)19-9-7-15(23(26)27)12-20(19)24-22;1-19(2,3)23-18(22)13-9-10-14-15(11-13)21-17(20)16(14)12-7-5-4-6-8-12;3*1-4(2)3/h7-14,24H,2-6H2,1H3,(H,26,27);9-12,21H,4-8H2,1-3H3;3*4H,1-3H3. The lowest BCUT2D eigenvalue weighted by Crippen LogP contribution is -2.23. The van der Waals surface area contributed by atoms with Gasteiger partial charge >= 0.3 is 11.9 Å². The molecule has 0 unspecified atom stereocenters. The van der Waals surface area contributed by atoms with Crippen LogP contribution in [0.5, 0.6) is 5.75 Å². The van der Waals surface area contributed by atoms with Gasteiger partial charge in [0, 0.05) is 32.9 Å². The number of carbonyl (C=O) groups is 3. The molecule has 2 heterocycles. The van der Waals surface area contributed by atoms with Gasteiger partial charge in [-0.25, -0.2) is 9.59 Å². The molecular formula is C54H77BrN2O6. The Bertz CT molecular complexity index is 2190. The molecule has 5 aromatic rings. The number of methoxy groups -OCH3 is 1. The number of fused-ring (bicyclic) bond motifs is 2. The first kappa shape index (κ1) is 53.0. The Balaban J connectivity index is 0.000000270. The zero-order chi connectivity index (χ0) is 47.0. The molecule has 0 saturated heterocycles. The molecule has 2 saturated carbocycles. The predicted molar refractivity (Wildman–Crippen MR) is 267 cm³/mol. The van der Waals surface area contributed by atoms with E-state index in [1.54, 1.807) is 25.3 Å². The topological polar surface area (TPSA) is 121 Å². The van der Waals surface area contributed by atoms with E-state index in [0.717, 1.165) is 69.2 Å². The third-order valence-corrected chi connectivity index (χ3v) is 10.8. The minimum Gasteiger partial charge on any atom is -0.497 e. The number of aldehydes is 1. The fraction of sp³-hybridized carbons (Fsp3) is 0.537. The van der Waals surface area contributed by atoms with Gasteiger partial charge < -0.3 is 24.5 Å². The molecular weight excluding hydrogens is 853 g/mol. The Kier molecular flexibility index (Phi) is 21.2. The Morgan fingerprint density at radius 2 is 1.14 bits per heavy atom. The average Bonchev–Trinajstić information content (AvgIpc) is 3.76. The molecule has 2 aliphatic carbocycles. The lowest BCUT2D eigenvalue weighted by molar-refractivity contribution is 0.00693. The van der Waals surface area contributed by atoms with Crippen LogP contribution in [0.1, 0.15) is 201 Å². The van der Waals surface area contributed by atoms with Gasteiger partial charge in [0.15, 0.2) is 6.29 Å². The van der Waals surface area contributed by atoms with E-state index in [1.807, 2.05) is 51.1 Å². The zero-order valence-electron chi connectivity index (χ0n) is 40.6. The van der Waals surface area contributed by atoms with Crippen LogP contribution in [0.3, 0.4) is 0 Å². The van der Waals surface area contributed by atoms with Gasteiger partial charge in [-0.1, -0.05) is 113 Å². The van der Waals surface area contributed by atoms with Crippen LogP contribution in [-0.2, 0) is 4.74 Å². The third-order valence-electron chi connectivity index (χ3n) is 10.2. The van der Waals surface area contributed by atoms with E-state index < -0.39 is 11.6 Å². The summed E-state index contributed by atoms with van der Waals surface area (Å²) in [6, 6.07) is 16.6. The zero-order valence-corrected chi connectivity index (χ0v) is 42.2. The average molecular weight is 930 g/mol. The third kappa shape index (κ3) is 16.6. The van der Waals surface area contributed by atoms with E-state index in [1.165, 1.54) is 67.9 Å². The molecule has 0 aliphatic heterocycles. The van der Waals surface area contributed by atoms with Crippen molar-refractivity contribution in [3.8, 4) is 17.0 Å². The molecule has 2 aromatic heterocycles. The van der Waals surface area contributed by atoms with Gasteiger partial charge in [0.25, 0.3) is 0 Å². The largest absolute Gasteiger partial charge is 0.497 e. The molecule has 0 amide bonds. The highest BCUT2D eigenvalue weighted by molar-refractivity contribution is 9.10. The maximum absolute atomic E-state index is 12.2. The van der Waals surface area contributed by atoms with Crippen LogP contribution in [0.2, 0.25) is 0 Å². The number of aromatic carboxylic acids is 1. The number of carboxylic acids is 1. The summed E-state index contributed by atoms with van der Waals surface area (Å²) in [5.41, 5.74) is 7.02. The van der Waals surface area contributed by atoms with Crippen molar-refractivity contribution in [3.05, 3.63) is 87.0 Å². The predicted octanol–water partition coefficient (Wildman–Crippen LogP) is 16.3. The minimum absolute atomic E-state index is 0.251. The summed E-state index contributed by atoms with van der Waals surface area (Å²) in [5.74, 6) is 2.92. The first-order valence-electron chi connectivity index (χ1n) is 23.2. The van der Waals surface area contributed by atoms with Crippen molar-refractivity contribution in [3.63, 3.8) is 0 Å². The van der Waals surface area contributed by atoms with Crippen molar-refractivity contribution in [1.29, 1.82) is 0 Å². The number of carboxylic acid groups (broad SMARTS) is 1. The molecule has 8 nitrogen and oxygen atoms in total. The van der Waals surface area contributed by atoms with Gasteiger partial charge in [-0.2, -0.15) is 0 Å². The molecule has 7 rings (SSSR count). The molecule has 9 heteroatoms. The minimum atomic E-state index is -0.949. The first-order valence-corrected chi connectivity index (χ1v) is 24.0. The molecule has 0 atom stereocenters. The summed E-state index contributed by atoms with van der Waals surface area (Å²) in [5, 5.41) is 11.6. The van der Waals surface area contributed by atoms with Crippen LogP contribution in [0.15, 0.2) is 59.2 Å². The monoisotopic (exact) mass is 928 g/mol. The van der Waals surface area contributed by atoms with Gasteiger partial charge in [0.1, 0.15) is 11.4 Å². The van der Waals surface area contributed by atoms with Crippen LogP contribution < -0.4 is 4.74 Å². The summed E-state index contributed by atoms with van der Waals surface area (Å²) in [7, 11) is 1.58. The van der Waals surface area contributed by atoms with Crippen LogP contribution >= 0.6 is 15.9 Å². The highest BCUT2D eigenvalue weighted by atomic mass is 79.9. The van der Waals surface area contributed by atoms with Gasteiger partial charge in [0.05, 0.1) is 28.5 Å². The normalized spacial score (nSPS) is 14.4. The fourth-order valence-corrected chi connectivity index (χ4v) is 8.56. The van der Waals surface area contributed by atoms with Gasteiger partial charge in [0.2, 0.25) is 0 Å². The molecule has 2 fully saturated rings. The second-order valence-electron chi connectivity index (χ2n) is 20.0. The molecule has 346 valence electrons. The van der Waals surface area contributed by atoms with E-state index >= 15 is 0 Å².